The Labute approximate surface area is 149 Å². The summed E-state index contributed by atoms with van der Waals surface area (Å²) in [5.74, 6) is -1.39. The molecule has 0 saturated carbocycles. The summed E-state index contributed by atoms with van der Waals surface area (Å²) in [4.78, 5) is 12.3. The largest absolute Gasteiger partial charge is 0.389 e. The van der Waals surface area contributed by atoms with E-state index in [1.165, 1.54) is 31.2 Å². The number of halogens is 3. The molecule has 1 aliphatic heterocycles. The van der Waals surface area contributed by atoms with Gasteiger partial charge in [-0.25, -0.2) is 8.42 Å². The molecule has 0 aromatic heterocycles. The number of carbonyl (C=O) groups excluding carboxylic acids is 1. The molecule has 0 radical (unpaired) electrons. The highest BCUT2D eigenvalue weighted by Gasteiger charge is 2.33. The quantitative estimate of drug-likeness (QED) is 0.726. The van der Waals surface area contributed by atoms with Gasteiger partial charge in [-0.1, -0.05) is 25.1 Å². The lowest BCUT2D eigenvalue weighted by molar-refractivity contribution is -0.144. The van der Waals surface area contributed by atoms with E-state index in [1.54, 1.807) is 18.2 Å². The molecule has 1 N–H and O–H groups in total. The van der Waals surface area contributed by atoms with E-state index >= 15 is 0 Å². The third-order valence-corrected chi connectivity index (χ3v) is 6.00. The Morgan fingerprint density at radius 2 is 1.73 bits per heavy atom. The minimum Gasteiger partial charge on any atom is -0.326 e. The van der Waals surface area contributed by atoms with Gasteiger partial charge in [0.25, 0.3) is 0 Å². The fourth-order valence-electron chi connectivity index (χ4n) is 3.09. The average molecular weight is 383 g/mol. The van der Waals surface area contributed by atoms with Crippen molar-refractivity contribution in [1.29, 1.82) is 0 Å². The van der Waals surface area contributed by atoms with Crippen molar-refractivity contribution in [2.24, 2.45) is 5.92 Å². The van der Waals surface area contributed by atoms with Gasteiger partial charge in [-0.15, -0.1) is 0 Å². The molecule has 0 spiro atoms. The molecule has 2 aromatic carbocycles. The van der Waals surface area contributed by atoms with E-state index in [0.29, 0.717) is 16.8 Å². The molecule has 1 unspecified atom stereocenters. The molecule has 8 heteroatoms. The summed E-state index contributed by atoms with van der Waals surface area (Å²) >= 11 is 0. The van der Waals surface area contributed by atoms with Crippen molar-refractivity contribution in [3.8, 4) is 11.1 Å². The van der Waals surface area contributed by atoms with Crippen LogP contribution in [0, 0.1) is 5.92 Å². The third-order valence-electron chi connectivity index (χ3n) is 4.13. The number of anilines is 1. The second-order valence-electron chi connectivity index (χ2n) is 6.39. The van der Waals surface area contributed by atoms with Crippen LogP contribution in [0.25, 0.3) is 11.1 Å². The number of fused-ring (bicyclic) bond motifs is 3. The molecule has 4 nitrogen and oxygen atoms in total. The Morgan fingerprint density at radius 3 is 2.42 bits per heavy atom. The van der Waals surface area contributed by atoms with Gasteiger partial charge in [-0.2, -0.15) is 13.2 Å². The smallest absolute Gasteiger partial charge is 0.326 e. The number of benzene rings is 2. The van der Waals surface area contributed by atoms with Crippen LogP contribution >= 0.6 is 0 Å². The SMILES string of the molecule is CC(CC(=O)Nc1ccc2c(c1)-c1ccccc1S2(=O)=O)CC(F)(F)F. The van der Waals surface area contributed by atoms with E-state index in [4.69, 9.17) is 0 Å². The fourth-order valence-corrected chi connectivity index (χ4v) is 4.76. The number of hydrogen-bond donors (Lipinski definition) is 1. The summed E-state index contributed by atoms with van der Waals surface area (Å²) in [6, 6.07) is 10.9. The first-order chi connectivity index (χ1) is 12.1. The van der Waals surface area contributed by atoms with Crippen LogP contribution in [-0.2, 0) is 14.6 Å². The summed E-state index contributed by atoms with van der Waals surface area (Å²) in [7, 11) is -3.59. The number of amides is 1. The highest BCUT2D eigenvalue weighted by Crippen LogP contribution is 2.43. The topological polar surface area (TPSA) is 63.2 Å². The number of rotatable bonds is 4. The first-order valence-electron chi connectivity index (χ1n) is 7.93. The monoisotopic (exact) mass is 383 g/mol. The van der Waals surface area contributed by atoms with Gasteiger partial charge >= 0.3 is 6.18 Å². The predicted octanol–water partition coefficient (Wildman–Crippen LogP) is 4.42. The van der Waals surface area contributed by atoms with Crippen LogP contribution in [0.1, 0.15) is 19.8 Å². The Hall–Kier alpha value is -2.35. The Balaban J connectivity index is 1.80. The normalized spacial score (nSPS) is 15.8. The molecule has 138 valence electrons. The molecule has 0 fully saturated rings. The van der Waals surface area contributed by atoms with Crippen LogP contribution in [0.2, 0.25) is 0 Å². The van der Waals surface area contributed by atoms with E-state index in [-0.39, 0.29) is 16.2 Å². The Bertz CT molecular complexity index is 968. The van der Waals surface area contributed by atoms with Crippen molar-refractivity contribution in [3.05, 3.63) is 42.5 Å². The lowest BCUT2D eigenvalue weighted by Crippen LogP contribution is -2.19. The lowest BCUT2D eigenvalue weighted by Gasteiger charge is -2.14. The van der Waals surface area contributed by atoms with E-state index in [9.17, 15) is 26.4 Å². The summed E-state index contributed by atoms with van der Waals surface area (Å²) in [6.07, 6.45) is -5.62. The van der Waals surface area contributed by atoms with Gasteiger partial charge in [-0.3, -0.25) is 4.79 Å². The van der Waals surface area contributed by atoms with E-state index < -0.39 is 34.3 Å². The number of carbonyl (C=O) groups is 1. The highest BCUT2D eigenvalue weighted by atomic mass is 32.2. The summed E-state index contributed by atoms with van der Waals surface area (Å²) in [6.45, 7) is 1.36. The van der Waals surface area contributed by atoms with Crippen LogP contribution in [-0.4, -0.2) is 20.5 Å². The van der Waals surface area contributed by atoms with Gasteiger partial charge in [0, 0.05) is 29.7 Å². The average Bonchev–Trinajstić information content (AvgIpc) is 2.74. The minimum atomic E-state index is -4.31. The molecule has 2 aromatic rings. The zero-order valence-corrected chi connectivity index (χ0v) is 14.6. The molecule has 0 bridgehead atoms. The van der Waals surface area contributed by atoms with Crippen LogP contribution in [0.5, 0.6) is 0 Å². The molecule has 1 atom stereocenters. The molecular weight excluding hydrogens is 367 g/mol. The first-order valence-corrected chi connectivity index (χ1v) is 9.41. The second-order valence-corrected chi connectivity index (χ2v) is 8.27. The Morgan fingerprint density at radius 1 is 1.08 bits per heavy atom. The van der Waals surface area contributed by atoms with E-state index in [2.05, 4.69) is 5.32 Å². The maximum atomic E-state index is 12.5. The van der Waals surface area contributed by atoms with Gasteiger partial charge in [-0.05, 0) is 30.2 Å². The van der Waals surface area contributed by atoms with Crippen LogP contribution in [0.4, 0.5) is 18.9 Å². The summed E-state index contributed by atoms with van der Waals surface area (Å²) in [5, 5.41) is 2.55. The van der Waals surface area contributed by atoms with Gasteiger partial charge < -0.3 is 5.32 Å². The first kappa shape index (κ1) is 18.4. The van der Waals surface area contributed by atoms with Gasteiger partial charge in [0.2, 0.25) is 15.7 Å². The molecular formula is C18H16F3NO3S. The van der Waals surface area contributed by atoms with Gasteiger partial charge in [0.15, 0.2) is 0 Å². The third kappa shape index (κ3) is 3.60. The van der Waals surface area contributed by atoms with Crippen molar-refractivity contribution < 1.29 is 26.4 Å². The number of alkyl halides is 3. The van der Waals surface area contributed by atoms with Crippen molar-refractivity contribution >= 4 is 21.4 Å². The van der Waals surface area contributed by atoms with Gasteiger partial charge in [0.05, 0.1) is 9.79 Å². The maximum absolute atomic E-state index is 12.5. The molecule has 0 aliphatic carbocycles. The Kier molecular flexibility index (Phi) is 4.56. The second kappa shape index (κ2) is 6.42. The zero-order chi connectivity index (χ0) is 19.1. The van der Waals surface area contributed by atoms with Crippen molar-refractivity contribution in [3.63, 3.8) is 0 Å². The lowest BCUT2D eigenvalue weighted by atomic mass is 10.0. The molecule has 0 saturated heterocycles. The molecule has 1 amide bonds. The molecule has 1 aliphatic rings. The molecule has 1 heterocycles. The van der Waals surface area contributed by atoms with E-state index in [1.807, 2.05) is 0 Å². The van der Waals surface area contributed by atoms with Crippen LogP contribution in [0.15, 0.2) is 52.3 Å². The van der Waals surface area contributed by atoms with Gasteiger partial charge in [0.1, 0.15) is 0 Å². The van der Waals surface area contributed by atoms with Crippen molar-refractivity contribution in [2.75, 3.05) is 5.32 Å². The molecule has 3 rings (SSSR count). The number of sulfone groups is 1. The standard InChI is InChI=1S/C18H16F3NO3S/c1-11(10-18(19,20)21)8-17(23)22-12-6-7-16-14(9-12)13-4-2-3-5-15(13)26(16,24)25/h2-7,9,11H,8,10H2,1H3,(H,22,23). The van der Waals surface area contributed by atoms with E-state index in [0.717, 1.165) is 0 Å². The van der Waals surface area contributed by atoms with Crippen LogP contribution in [0.3, 0.4) is 0 Å². The zero-order valence-electron chi connectivity index (χ0n) is 13.8. The number of hydrogen-bond acceptors (Lipinski definition) is 3. The summed E-state index contributed by atoms with van der Waals surface area (Å²) < 4.78 is 62.1. The predicted molar refractivity (Wildman–Crippen MR) is 90.4 cm³/mol. The summed E-state index contributed by atoms with van der Waals surface area (Å²) in [5.41, 5.74) is 1.37. The van der Waals surface area contributed by atoms with Crippen molar-refractivity contribution in [1.82, 2.24) is 0 Å². The van der Waals surface area contributed by atoms with Crippen LogP contribution < -0.4 is 5.32 Å². The fraction of sp³-hybridized carbons (Fsp3) is 0.278. The van der Waals surface area contributed by atoms with Crippen molar-refractivity contribution in [2.45, 2.75) is 35.7 Å². The maximum Gasteiger partial charge on any atom is 0.389 e. The molecule has 26 heavy (non-hydrogen) atoms. The highest BCUT2D eigenvalue weighted by molar-refractivity contribution is 7.92. The number of nitrogens with one attached hydrogen (secondary N) is 1. The minimum absolute atomic E-state index is 0.155.